The molecule has 0 saturated heterocycles. The first-order valence-corrected chi connectivity index (χ1v) is 12.3. The number of allylic oxidation sites excluding steroid dienone is 2. The van der Waals surface area contributed by atoms with Crippen LogP contribution in [0.4, 0.5) is 0 Å². The van der Waals surface area contributed by atoms with Crippen molar-refractivity contribution in [2.24, 2.45) is 11.8 Å². The van der Waals surface area contributed by atoms with E-state index in [4.69, 9.17) is 14.6 Å². The molecule has 0 saturated carbocycles. The summed E-state index contributed by atoms with van der Waals surface area (Å²) in [6, 6.07) is 8.92. The maximum Gasteiger partial charge on any atom is 0.310 e. The van der Waals surface area contributed by atoms with E-state index >= 15 is 0 Å². The molecule has 0 radical (unpaired) electrons. The monoisotopic (exact) mass is 516 g/mol. The Morgan fingerprint density at radius 1 is 0.973 bits per heavy atom. The number of ether oxygens (including phenoxy) is 2. The molecule has 2 amide bonds. The van der Waals surface area contributed by atoms with Crippen LogP contribution in [0.2, 0.25) is 0 Å². The van der Waals surface area contributed by atoms with Crippen molar-refractivity contribution in [1.82, 2.24) is 10.6 Å². The maximum atomic E-state index is 13.1. The zero-order valence-corrected chi connectivity index (χ0v) is 22.0. The topological polar surface area (TPSA) is 131 Å². The first kappa shape index (κ1) is 31.6. The highest BCUT2D eigenvalue weighted by atomic mass is 16.6. The van der Waals surface area contributed by atoms with Crippen LogP contribution in [0.5, 0.6) is 0 Å². The van der Waals surface area contributed by atoms with Crippen LogP contribution in [0, 0.1) is 11.8 Å². The Balaban J connectivity index is 2.96. The number of aliphatic hydroxyl groups excluding tert-OH is 1. The second kappa shape index (κ2) is 16.3. The normalized spacial score (nSPS) is 13.4. The van der Waals surface area contributed by atoms with Crippen molar-refractivity contribution >= 4 is 23.8 Å². The third kappa shape index (κ3) is 12.9. The van der Waals surface area contributed by atoms with Gasteiger partial charge in [-0.1, -0.05) is 42.5 Å². The van der Waals surface area contributed by atoms with Crippen molar-refractivity contribution < 1.29 is 33.8 Å². The Labute approximate surface area is 219 Å². The minimum absolute atomic E-state index is 0.0340. The molecule has 1 aromatic rings. The van der Waals surface area contributed by atoms with Crippen LogP contribution in [-0.2, 0) is 28.7 Å². The summed E-state index contributed by atoms with van der Waals surface area (Å²) in [6.07, 6.45) is 2.51. The largest absolute Gasteiger partial charge is 0.460 e. The highest BCUT2D eigenvalue weighted by molar-refractivity contribution is 5.86. The average molecular weight is 517 g/mol. The molecule has 204 valence electrons. The van der Waals surface area contributed by atoms with Crippen LogP contribution in [0.15, 0.2) is 55.6 Å². The summed E-state index contributed by atoms with van der Waals surface area (Å²) in [5.74, 6) is -3.36. The molecule has 3 N–H and O–H groups in total. The molecule has 0 spiro atoms. The number of hydrogen-bond donors (Lipinski definition) is 3. The lowest BCUT2D eigenvalue weighted by atomic mass is 9.99. The summed E-state index contributed by atoms with van der Waals surface area (Å²) in [5.41, 5.74) is -0.0279. The molecule has 3 atom stereocenters. The molecular weight excluding hydrogens is 476 g/mol. The van der Waals surface area contributed by atoms with Gasteiger partial charge in [-0.15, -0.1) is 13.2 Å². The summed E-state index contributed by atoms with van der Waals surface area (Å²) in [4.78, 5) is 50.3. The molecule has 37 heavy (non-hydrogen) atoms. The summed E-state index contributed by atoms with van der Waals surface area (Å²) in [7, 11) is 0. The van der Waals surface area contributed by atoms with E-state index < -0.39 is 41.4 Å². The van der Waals surface area contributed by atoms with E-state index in [0.29, 0.717) is 5.56 Å². The molecule has 0 aromatic heterocycles. The van der Waals surface area contributed by atoms with Crippen molar-refractivity contribution in [1.29, 1.82) is 0 Å². The molecule has 0 aliphatic carbocycles. The zero-order valence-electron chi connectivity index (χ0n) is 22.0. The summed E-state index contributed by atoms with van der Waals surface area (Å²) in [6.45, 7) is 12.4. The van der Waals surface area contributed by atoms with Crippen LogP contribution in [0.1, 0.15) is 58.1 Å². The standard InChI is InChI=1S/C28H40N2O7/c1-6-11-21(17-24(32)29-15-16-31)26(34)30-19-23(20-13-9-8-10-14-20)36-27(35)22(12-7-2)18-25(33)37-28(3,4)5/h6-10,13-14,21-23,31H,1-2,11-12,15-19H2,3-5H3,(H,29,32)(H,30,34)/t21-,22+,23+/m0/s1. The van der Waals surface area contributed by atoms with Crippen LogP contribution in [-0.4, -0.2) is 54.2 Å². The number of carbonyl (C=O) groups is 4. The van der Waals surface area contributed by atoms with E-state index in [1.807, 2.05) is 6.07 Å². The smallest absolute Gasteiger partial charge is 0.310 e. The summed E-state index contributed by atoms with van der Waals surface area (Å²) in [5, 5.41) is 14.2. The number of amides is 2. The molecule has 0 heterocycles. The molecule has 9 nitrogen and oxygen atoms in total. The molecule has 1 rings (SSSR count). The van der Waals surface area contributed by atoms with Gasteiger partial charge in [0.05, 0.1) is 31.4 Å². The van der Waals surface area contributed by atoms with Gasteiger partial charge >= 0.3 is 11.9 Å². The third-order valence-corrected chi connectivity index (χ3v) is 5.20. The third-order valence-electron chi connectivity index (χ3n) is 5.20. The lowest BCUT2D eigenvalue weighted by Gasteiger charge is -2.24. The maximum absolute atomic E-state index is 13.1. The Morgan fingerprint density at radius 2 is 1.59 bits per heavy atom. The predicted octanol–water partition coefficient (Wildman–Crippen LogP) is 3.00. The first-order chi connectivity index (χ1) is 17.5. The van der Waals surface area contributed by atoms with E-state index in [2.05, 4.69) is 23.8 Å². The number of esters is 2. The molecule has 0 fully saturated rings. The Morgan fingerprint density at radius 3 is 2.16 bits per heavy atom. The number of nitrogens with one attached hydrogen (secondary N) is 2. The minimum atomic E-state index is -0.823. The number of carbonyl (C=O) groups excluding carboxylic acids is 4. The molecule has 0 unspecified atom stereocenters. The zero-order chi connectivity index (χ0) is 27.8. The number of rotatable bonds is 16. The van der Waals surface area contributed by atoms with Crippen molar-refractivity contribution in [2.75, 3.05) is 19.7 Å². The van der Waals surface area contributed by atoms with E-state index in [0.717, 1.165) is 0 Å². The van der Waals surface area contributed by atoms with Gasteiger partial charge in [-0.05, 0) is 39.2 Å². The highest BCUT2D eigenvalue weighted by Gasteiger charge is 2.29. The van der Waals surface area contributed by atoms with Crippen LogP contribution in [0.3, 0.4) is 0 Å². The second-order valence-corrected chi connectivity index (χ2v) is 9.59. The Bertz CT molecular complexity index is 909. The van der Waals surface area contributed by atoms with E-state index in [9.17, 15) is 19.2 Å². The summed E-state index contributed by atoms with van der Waals surface area (Å²) >= 11 is 0. The Hall–Kier alpha value is -3.46. The quantitative estimate of drug-likeness (QED) is 0.227. The lowest BCUT2D eigenvalue weighted by molar-refractivity contribution is -0.164. The molecule has 0 aliphatic rings. The van der Waals surface area contributed by atoms with Crippen LogP contribution in [0.25, 0.3) is 0 Å². The number of hydrogen-bond acceptors (Lipinski definition) is 7. The minimum Gasteiger partial charge on any atom is -0.460 e. The van der Waals surface area contributed by atoms with Crippen molar-refractivity contribution in [3.63, 3.8) is 0 Å². The van der Waals surface area contributed by atoms with Crippen molar-refractivity contribution in [2.45, 2.75) is 58.2 Å². The van der Waals surface area contributed by atoms with Gasteiger partial charge in [0.1, 0.15) is 11.7 Å². The van der Waals surface area contributed by atoms with Crippen LogP contribution >= 0.6 is 0 Å². The number of aliphatic hydroxyl groups is 1. The number of benzene rings is 1. The molecule has 1 aromatic carbocycles. The lowest BCUT2D eigenvalue weighted by Crippen LogP contribution is -2.38. The van der Waals surface area contributed by atoms with Gasteiger partial charge < -0.3 is 25.2 Å². The van der Waals surface area contributed by atoms with Crippen molar-refractivity contribution in [3.05, 3.63) is 61.2 Å². The van der Waals surface area contributed by atoms with Gasteiger partial charge in [-0.2, -0.15) is 0 Å². The molecule has 0 bridgehead atoms. The molecule has 0 aliphatic heterocycles. The van der Waals surface area contributed by atoms with E-state index in [-0.39, 0.29) is 51.3 Å². The fraction of sp³-hybridized carbons (Fsp3) is 0.500. The van der Waals surface area contributed by atoms with Gasteiger partial charge in [0.15, 0.2) is 0 Å². The van der Waals surface area contributed by atoms with Gasteiger partial charge in [0.25, 0.3) is 0 Å². The fourth-order valence-electron chi connectivity index (χ4n) is 3.49. The van der Waals surface area contributed by atoms with Gasteiger partial charge in [-0.25, -0.2) is 0 Å². The summed E-state index contributed by atoms with van der Waals surface area (Å²) < 4.78 is 11.1. The molecule has 9 heteroatoms. The van der Waals surface area contributed by atoms with Crippen LogP contribution < -0.4 is 10.6 Å². The average Bonchev–Trinajstić information content (AvgIpc) is 2.83. The Kier molecular flexibility index (Phi) is 13.9. The first-order valence-electron chi connectivity index (χ1n) is 12.3. The SMILES string of the molecule is C=CC[C@@H](CC(=O)NCCO)C(=O)NC[C@@H](OC(=O)[C@H](CC=C)CC(=O)OC(C)(C)C)c1ccccc1. The predicted molar refractivity (Wildman–Crippen MR) is 140 cm³/mol. The van der Waals surface area contributed by atoms with Gasteiger partial charge in [0.2, 0.25) is 11.8 Å². The van der Waals surface area contributed by atoms with Gasteiger partial charge in [-0.3, -0.25) is 19.2 Å². The van der Waals surface area contributed by atoms with E-state index in [1.165, 1.54) is 6.08 Å². The highest BCUT2D eigenvalue weighted by Crippen LogP contribution is 2.23. The van der Waals surface area contributed by atoms with E-state index in [1.54, 1.807) is 51.1 Å². The van der Waals surface area contributed by atoms with Crippen molar-refractivity contribution in [3.8, 4) is 0 Å². The second-order valence-electron chi connectivity index (χ2n) is 9.59. The fourth-order valence-corrected chi connectivity index (χ4v) is 3.49. The molecular formula is C28H40N2O7. The van der Waals surface area contributed by atoms with Gasteiger partial charge in [0, 0.05) is 13.0 Å².